The predicted octanol–water partition coefficient (Wildman–Crippen LogP) is 2.41. The van der Waals surface area contributed by atoms with E-state index in [-0.39, 0.29) is 36.3 Å². The molecule has 7 nitrogen and oxygen atoms in total. The number of anilines is 1. The van der Waals surface area contributed by atoms with E-state index in [4.69, 9.17) is 4.74 Å². The molecule has 29 heavy (non-hydrogen) atoms. The number of morpholine rings is 1. The van der Waals surface area contributed by atoms with Crippen LogP contribution < -0.4 is 16.0 Å². The summed E-state index contributed by atoms with van der Waals surface area (Å²) in [6.45, 7) is 8.53. The van der Waals surface area contributed by atoms with Crippen molar-refractivity contribution in [2.75, 3.05) is 64.3 Å². The topological polar surface area (TPSA) is 73.8 Å². The van der Waals surface area contributed by atoms with Gasteiger partial charge in [0.2, 0.25) is 0 Å². The monoisotopic (exact) mass is 530 g/mol. The molecule has 1 aliphatic rings. The largest absolute Gasteiger partial charge is 0.419 e. The Balaban J connectivity index is 0.00000420. The molecule has 1 fully saturated rings. The van der Waals surface area contributed by atoms with E-state index >= 15 is 0 Å². The maximum absolute atomic E-state index is 13.0. The summed E-state index contributed by atoms with van der Waals surface area (Å²) in [5.74, 6) is 0.493. The Morgan fingerprint density at radius 3 is 2.69 bits per heavy atom. The maximum Gasteiger partial charge on any atom is 0.419 e. The van der Waals surface area contributed by atoms with Gasteiger partial charge in [0.15, 0.2) is 5.96 Å². The van der Waals surface area contributed by atoms with Crippen LogP contribution in [0.15, 0.2) is 23.3 Å². The SMILES string of the molecule is CCNC(=NCCCN1CCOCC1)NCCNc1ncccc1C(F)(F)F.I. The first-order valence-electron chi connectivity index (χ1n) is 9.59. The van der Waals surface area contributed by atoms with E-state index in [1.54, 1.807) is 0 Å². The normalized spacial score (nSPS) is 15.5. The second kappa shape index (κ2) is 13.8. The predicted molar refractivity (Wildman–Crippen MR) is 119 cm³/mol. The van der Waals surface area contributed by atoms with Crippen molar-refractivity contribution in [2.45, 2.75) is 19.5 Å². The lowest BCUT2D eigenvalue weighted by atomic mass is 10.2. The van der Waals surface area contributed by atoms with Gasteiger partial charge >= 0.3 is 6.18 Å². The standard InChI is InChI=1S/C18H29F3N6O.HI/c1-2-22-17(25-7-4-10-27-11-13-28-14-12-27)26-9-8-24-16-15(18(19,20)21)5-3-6-23-16;/h3,5-6H,2,4,7-14H2,1H3,(H,23,24)(H2,22,25,26);1H. The second-order valence-electron chi connectivity index (χ2n) is 6.32. The molecule has 0 amide bonds. The molecule has 0 unspecified atom stereocenters. The molecule has 1 aromatic heterocycles. The van der Waals surface area contributed by atoms with E-state index < -0.39 is 11.7 Å². The van der Waals surface area contributed by atoms with Gasteiger partial charge in [-0.2, -0.15) is 13.2 Å². The summed E-state index contributed by atoms with van der Waals surface area (Å²) in [5.41, 5.74) is -0.765. The summed E-state index contributed by atoms with van der Waals surface area (Å²) >= 11 is 0. The second-order valence-corrected chi connectivity index (χ2v) is 6.32. The van der Waals surface area contributed by atoms with Crippen molar-refractivity contribution >= 4 is 35.8 Å². The van der Waals surface area contributed by atoms with Crippen LogP contribution in [0.3, 0.4) is 0 Å². The number of aliphatic imine (C=N–C) groups is 1. The molecule has 1 aliphatic heterocycles. The minimum atomic E-state index is -4.43. The smallest absolute Gasteiger partial charge is 0.379 e. The van der Waals surface area contributed by atoms with Gasteiger partial charge < -0.3 is 20.7 Å². The molecule has 1 saturated heterocycles. The number of ether oxygens (including phenoxy) is 1. The van der Waals surface area contributed by atoms with E-state index in [9.17, 15) is 13.2 Å². The molecule has 3 N–H and O–H groups in total. The number of nitrogens with zero attached hydrogens (tertiary/aromatic N) is 3. The number of pyridine rings is 1. The van der Waals surface area contributed by atoms with Crippen LogP contribution in [-0.4, -0.2) is 74.9 Å². The van der Waals surface area contributed by atoms with Crippen LogP contribution in [0.1, 0.15) is 18.9 Å². The molecule has 166 valence electrons. The van der Waals surface area contributed by atoms with Crippen LogP contribution in [0.25, 0.3) is 0 Å². The lowest BCUT2D eigenvalue weighted by Crippen LogP contribution is -2.40. The summed E-state index contributed by atoms with van der Waals surface area (Å²) < 4.78 is 44.2. The van der Waals surface area contributed by atoms with Gasteiger partial charge in [-0.1, -0.05) is 0 Å². The Hall–Kier alpha value is -1.34. The van der Waals surface area contributed by atoms with Gasteiger partial charge in [-0.15, -0.1) is 24.0 Å². The molecule has 2 rings (SSSR count). The molecule has 0 spiro atoms. The lowest BCUT2D eigenvalue weighted by Gasteiger charge is -2.26. The highest BCUT2D eigenvalue weighted by Crippen LogP contribution is 2.33. The highest BCUT2D eigenvalue weighted by molar-refractivity contribution is 14.0. The molecule has 0 aliphatic carbocycles. The lowest BCUT2D eigenvalue weighted by molar-refractivity contribution is -0.137. The fourth-order valence-corrected chi connectivity index (χ4v) is 2.79. The molecule has 0 saturated carbocycles. The molecule has 2 heterocycles. The number of hydrogen-bond acceptors (Lipinski definition) is 5. The zero-order valence-corrected chi connectivity index (χ0v) is 18.9. The number of hydrogen-bond donors (Lipinski definition) is 3. The van der Waals surface area contributed by atoms with E-state index in [0.717, 1.165) is 45.3 Å². The van der Waals surface area contributed by atoms with Crippen molar-refractivity contribution in [3.63, 3.8) is 0 Å². The molecule has 0 aromatic carbocycles. The van der Waals surface area contributed by atoms with Gasteiger partial charge in [-0.05, 0) is 25.5 Å². The highest BCUT2D eigenvalue weighted by Gasteiger charge is 2.33. The first-order chi connectivity index (χ1) is 13.5. The molecular formula is C18H30F3IN6O. The van der Waals surface area contributed by atoms with Crippen molar-refractivity contribution in [1.82, 2.24) is 20.5 Å². The summed E-state index contributed by atoms with van der Waals surface area (Å²) in [6, 6.07) is 2.29. The van der Waals surface area contributed by atoms with E-state index in [0.29, 0.717) is 25.6 Å². The van der Waals surface area contributed by atoms with Crippen molar-refractivity contribution in [3.8, 4) is 0 Å². The van der Waals surface area contributed by atoms with Gasteiger partial charge in [0.25, 0.3) is 0 Å². The third kappa shape index (κ3) is 9.81. The number of rotatable bonds is 9. The van der Waals surface area contributed by atoms with Crippen LogP contribution in [0.4, 0.5) is 19.0 Å². The fraction of sp³-hybridized carbons (Fsp3) is 0.667. The van der Waals surface area contributed by atoms with E-state index in [1.807, 2.05) is 6.92 Å². The van der Waals surface area contributed by atoms with Crippen molar-refractivity contribution in [2.24, 2.45) is 4.99 Å². The van der Waals surface area contributed by atoms with E-state index in [2.05, 4.69) is 30.8 Å². The van der Waals surface area contributed by atoms with Crippen LogP contribution in [-0.2, 0) is 10.9 Å². The summed E-state index contributed by atoms with van der Waals surface area (Å²) in [7, 11) is 0. The van der Waals surface area contributed by atoms with Crippen LogP contribution >= 0.6 is 24.0 Å². The first kappa shape index (κ1) is 25.7. The third-order valence-electron chi connectivity index (χ3n) is 4.17. The Morgan fingerprint density at radius 1 is 1.24 bits per heavy atom. The fourth-order valence-electron chi connectivity index (χ4n) is 2.79. The number of alkyl halides is 3. The van der Waals surface area contributed by atoms with Crippen molar-refractivity contribution < 1.29 is 17.9 Å². The van der Waals surface area contributed by atoms with Gasteiger partial charge in [-0.25, -0.2) is 4.98 Å². The van der Waals surface area contributed by atoms with Crippen LogP contribution in [0.5, 0.6) is 0 Å². The average Bonchev–Trinajstić information content (AvgIpc) is 2.68. The molecular weight excluding hydrogens is 500 g/mol. The Labute approximate surface area is 186 Å². The first-order valence-corrected chi connectivity index (χ1v) is 9.59. The van der Waals surface area contributed by atoms with Crippen molar-refractivity contribution in [3.05, 3.63) is 23.9 Å². The van der Waals surface area contributed by atoms with Crippen LogP contribution in [0, 0.1) is 0 Å². The Kier molecular flexibility index (Phi) is 12.2. The maximum atomic E-state index is 13.0. The van der Waals surface area contributed by atoms with Gasteiger partial charge in [-0.3, -0.25) is 9.89 Å². The molecule has 1 aromatic rings. The average molecular weight is 530 g/mol. The van der Waals surface area contributed by atoms with Crippen LogP contribution in [0.2, 0.25) is 0 Å². The highest BCUT2D eigenvalue weighted by atomic mass is 127. The summed E-state index contributed by atoms with van der Waals surface area (Å²) in [4.78, 5) is 10.7. The molecule has 0 atom stereocenters. The minimum Gasteiger partial charge on any atom is -0.379 e. The Morgan fingerprint density at radius 2 is 2.00 bits per heavy atom. The van der Waals surface area contributed by atoms with Gasteiger partial charge in [0, 0.05) is 52.0 Å². The number of guanidine groups is 1. The zero-order valence-electron chi connectivity index (χ0n) is 16.6. The zero-order chi connectivity index (χ0) is 20.2. The van der Waals surface area contributed by atoms with Crippen molar-refractivity contribution in [1.29, 1.82) is 0 Å². The minimum absolute atomic E-state index is 0. The van der Waals surface area contributed by atoms with E-state index in [1.165, 1.54) is 12.3 Å². The number of halogens is 4. The molecule has 0 bridgehead atoms. The Bertz CT molecular complexity index is 612. The molecule has 0 radical (unpaired) electrons. The third-order valence-corrected chi connectivity index (χ3v) is 4.17. The number of nitrogens with one attached hydrogen (secondary N) is 3. The number of aromatic nitrogens is 1. The van der Waals surface area contributed by atoms with Gasteiger partial charge in [0.05, 0.1) is 18.8 Å². The molecule has 11 heteroatoms. The summed E-state index contributed by atoms with van der Waals surface area (Å²) in [6.07, 6.45) is -2.15. The summed E-state index contributed by atoms with van der Waals surface area (Å²) in [5, 5.41) is 8.99. The van der Waals surface area contributed by atoms with Gasteiger partial charge in [0.1, 0.15) is 5.82 Å². The quantitative estimate of drug-likeness (QED) is 0.197.